The molecular weight excluding hydrogens is 274 g/mol. The molecule has 7 heteroatoms. The Balaban J connectivity index is 2.61. The zero-order valence-corrected chi connectivity index (χ0v) is 11.0. The first-order valence-electron chi connectivity index (χ1n) is 5.07. The molecule has 2 heterocycles. The SMILES string of the molecule is C#CC(C)NS(=O)(=O)c1c(Cl)nc2ccccn12. The summed E-state index contributed by atoms with van der Waals surface area (Å²) in [5.41, 5.74) is 0.455. The first-order valence-corrected chi connectivity index (χ1v) is 6.93. The van der Waals surface area contributed by atoms with Gasteiger partial charge in [0, 0.05) is 6.20 Å². The van der Waals surface area contributed by atoms with Gasteiger partial charge in [-0.15, -0.1) is 6.42 Å². The standard InChI is InChI=1S/C11H10ClN3O2S/c1-3-8(2)14-18(16,17)11-10(12)13-9-6-4-5-7-15(9)11/h1,4-8,14H,2H3. The largest absolute Gasteiger partial charge is 0.288 e. The number of pyridine rings is 1. The summed E-state index contributed by atoms with van der Waals surface area (Å²) in [5, 5.41) is -0.195. The predicted octanol–water partition coefficient (Wildman–Crippen LogP) is 1.29. The highest BCUT2D eigenvalue weighted by Crippen LogP contribution is 2.22. The molecule has 0 spiro atoms. The molecule has 1 unspecified atom stereocenters. The maximum Gasteiger partial charge on any atom is 0.260 e. The van der Waals surface area contributed by atoms with Gasteiger partial charge in [-0.1, -0.05) is 23.6 Å². The van der Waals surface area contributed by atoms with E-state index in [4.69, 9.17) is 18.0 Å². The van der Waals surface area contributed by atoms with Crippen molar-refractivity contribution in [3.05, 3.63) is 29.5 Å². The van der Waals surface area contributed by atoms with Gasteiger partial charge in [0.05, 0.1) is 6.04 Å². The molecular formula is C11H10ClN3O2S. The summed E-state index contributed by atoms with van der Waals surface area (Å²) in [6.45, 7) is 1.56. The molecule has 1 atom stereocenters. The highest BCUT2D eigenvalue weighted by Gasteiger charge is 2.25. The highest BCUT2D eigenvalue weighted by molar-refractivity contribution is 7.89. The molecule has 2 rings (SSSR count). The minimum absolute atomic E-state index is 0.0853. The van der Waals surface area contributed by atoms with Gasteiger partial charge in [-0.3, -0.25) is 4.40 Å². The first-order chi connectivity index (χ1) is 8.45. The second-order valence-corrected chi connectivity index (χ2v) is 5.63. The van der Waals surface area contributed by atoms with Gasteiger partial charge in [0.15, 0.2) is 10.2 Å². The van der Waals surface area contributed by atoms with Crippen LogP contribution in [0, 0.1) is 12.3 Å². The van der Waals surface area contributed by atoms with Crippen molar-refractivity contribution in [1.82, 2.24) is 14.1 Å². The Labute approximate surface area is 110 Å². The van der Waals surface area contributed by atoms with Crippen LogP contribution in [-0.2, 0) is 10.0 Å². The number of hydrogen-bond donors (Lipinski definition) is 1. The van der Waals surface area contributed by atoms with Crippen molar-refractivity contribution >= 4 is 27.3 Å². The van der Waals surface area contributed by atoms with Crippen molar-refractivity contribution < 1.29 is 8.42 Å². The Morgan fingerprint density at radius 3 is 2.94 bits per heavy atom. The first kappa shape index (κ1) is 12.9. The maximum atomic E-state index is 12.1. The molecule has 2 aromatic heterocycles. The summed E-state index contributed by atoms with van der Waals surface area (Å²) in [7, 11) is -3.81. The lowest BCUT2D eigenvalue weighted by atomic mass is 10.4. The third-order valence-electron chi connectivity index (χ3n) is 2.28. The molecule has 0 saturated heterocycles. The van der Waals surface area contributed by atoms with Crippen molar-refractivity contribution in [3.63, 3.8) is 0 Å². The third-order valence-corrected chi connectivity index (χ3v) is 4.22. The van der Waals surface area contributed by atoms with Crippen LogP contribution in [0.1, 0.15) is 6.92 Å². The summed E-state index contributed by atoms with van der Waals surface area (Å²) < 4.78 is 28.0. The summed E-state index contributed by atoms with van der Waals surface area (Å²) >= 11 is 5.88. The second-order valence-electron chi connectivity index (χ2n) is 3.65. The van der Waals surface area contributed by atoms with Crippen LogP contribution >= 0.6 is 11.6 Å². The average molecular weight is 284 g/mol. The molecule has 0 aliphatic carbocycles. The van der Waals surface area contributed by atoms with Crippen molar-refractivity contribution in [1.29, 1.82) is 0 Å². The number of hydrogen-bond acceptors (Lipinski definition) is 3. The summed E-state index contributed by atoms with van der Waals surface area (Å²) in [6.07, 6.45) is 6.72. The van der Waals surface area contributed by atoms with Crippen molar-refractivity contribution in [3.8, 4) is 12.3 Å². The normalized spacial score (nSPS) is 13.4. The average Bonchev–Trinajstić information content (AvgIpc) is 2.64. The van der Waals surface area contributed by atoms with Crippen LogP contribution in [0.5, 0.6) is 0 Å². The highest BCUT2D eigenvalue weighted by atomic mass is 35.5. The third kappa shape index (κ3) is 2.20. The van der Waals surface area contributed by atoms with Gasteiger partial charge in [0.25, 0.3) is 10.0 Å². The Morgan fingerprint density at radius 1 is 1.56 bits per heavy atom. The predicted molar refractivity (Wildman–Crippen MR) is 68.8 cm³/mol. The van der Waals surface area contributed by atoms with Crippen molar-refractivity contribution in [2.24, 2.45) is 0 Å². The maximum absolute atomic E-state index is 12.1. The van der Waals surface area contributed by atoms with Gasteiger partial charge in [-0.2, -0.15) is 4.72 Å². The molecule has 0 saturated carbocycles. The fourth-order valence-electron chi connectivity index (χ4n) is 1.51. The number of aromatic nitrogens is 2. The van der Waals surface area contributed by atoms with E-state index in [0.29, 0.717) is 5.65 Å². The Morgan fingerprint density at radius 2 is 2.28 bits per heavy atom. The number of terminal acetylenes is 1. The van der Waals surface area contributed by atoms with Gasteiger partial charge in [0.1, 0.15) is 5.65 Å². The van der Waals surface area contributed by atoms with Gasteiger partial charge in [-0.25, -0.2) is 13.4 Å². The number of halogens is 1. The zero-order chi connectivity index (χ0) is 13.3. The van der Waals surface area contributed by atoms with Crippen LogP contribution in [0.2, 0.25) is 5.15 Å². The Bertz CT molecular complexity index is 730. The molecule has 2 aromatic rings. The Hall–Kier alpha value is -1.55. The molecule has 18 heavy (non-hydrogen) atoms. The van der Waals surface area contributed by atoms with E-state index in [1.807, 2.05) is 0 Å². The van der Waals surface area contributed by atoms with Crippen molar-refractivity contribution in [2.45, 2.75) is 18.0 Å². The molecule has 0 fully saturated rings. The smallest absolute Gasteiger partial charge is 0.260 e. The van der Waals surface area contributed by atoms with Gasteiger partial charge < -0.3 is 0 Å². The van der Waals surface area contributed by atoms with Gasteiger partial charge >= 0.3 is 0 Å². The van der Waals surface area contributed by atoms with Crippen LogP contribution in [0.3, 0.4) is 0 Å². The molecule has 0 aliphatic heterocycles. The van der Waals surface area contributed by atoms with E-state index in [-0.39, 0.29) is 10.2 Å². The second kappa shape index (κ2) is 4.61. The molecule has 1 N–H and O–H groups in total. The summed E-state index contributed by atoms with van der Waals surface area (Å²) in [6, 6.07) is 4.47. The fraction of sp³-hybridized carbons (Fsp3) is 0.182. The summed E-state index contributed by atoms with van der Waals surface area (Å²) in [4.78, 5) is 3.97. The fourth-order valence-corrected chi connectivity index (χ4v) is 3.32. The zero-order valence-electron chi connectivity index (χ0n) is 9.46. The van der Waals surface area contributed by atoms with E-state index in [1.165, 1.54) is 4.40 Å². The minimum Gasteiger partial charge on any atom is -0.288 e. The quantitative estimate of drug-likeness (QED) is 0.864. The van der Waals surface area contributed by atoms with Crippen LogP contribution in [0.25, 0.3) is 5.65 Å². The molecule has 0 amide bonds. The molecule has 0 radical (unpaired) electrons. The molecule has 0 aliphatic rings. The van der Waals surface area contributed by atoms with Crippen molar-refractivity contribution in [2.75, 3.05) is 0 Å². The number of nitrogens with zero attached hydrogens (tertiary/aromatic N) is 2. The van der Waals surface area contributed by atoms with E-state index in [2.05, 4.69) is 15.6 Å². The monoisotopic (exact) mass is 283 g/mol. The lowest BCUT2D eigenvalue weighted by Gasteiger charge is -2.08. The lowest BCUT2D eigenvalue weighted by molar-refractivity contribution is 0.573. The van der Waals surface area contributed by atoms with E-state index >= 15 is 0 Å². The number of sulfonamides is 1. The van der Waals surface area contributed by atoms with Crippen LogP contribution in [0.15, 0.2) is 29.4 Å². The van der Waals surface area contributed by atoms with E-state index in [1.54, 1.807) is 31.3 Å². The molecule has 5 nitrogen and oxygen atoms in total. The lowest BCUT2D eigenvalue weighted by Crippen LogP contribution is -2.32. The molecule has 0 bridgehead atoms. The molecule has 0 aromatic carbocycles. The van der Waals surface area contributed by atoms with Crippen LogP contribution in [0.4, 0.5) is 0 Å². The van der Waals surface area contributed by atoms with Gasteiger partial charge in [0.2, 0.25) is 0 Å². The van der Waals surface area contributed by atoms with E-state index in [0.717, 1.165) is 0 Å². The van der Waals surface area contributed by atoms with Gasteiger partial charge in [-0.05, 0) is 19.1 Å². The van der Waals surface area contributed by atoms with Crippen LogP contribution in [-0.4, -0.2) is 23.8 Å². The number of imidazole rings is 1. The summed E-state index contributed by atoms with van der Waals surface area (Å²) in [5.74, 6) is 2.29. The van der Waals surface area contributed by atoms with E-state index < -0.39 is 16.1 Å². The molecule has 94 valence electrons. The number of rotatable bonds is 3. The number of fused-ring (bicyclic) bond motifs is 1. The van der Waals surface area contributed by atoms with E-state index in [9.17, 15) is 8.42 Å². The Kier molecular flexibility index (Phi) is 3.30. The topological polar surface area (TPSA) is 63.5 Å². The van der Waals surface area contributed by atoms with Crippen LogP contribution < -0.4 is 4.72 Å². The number of nitrogens with one attached hydrogen (secondary N) is 1. The minimum atomic E-state index is -3.81.